The van der Waals surface area contributed by atoms with Gasteiger partial charge in [-0.05, 0) is 49.9 Å². The Morgan fingerprint density at radius 3 is 2.47 bits per heavy atom. The number of aromatic nitrogens is 3. The molecule has 0 amide bonds. The van der Waals surface area contributed by atoms with Crippen LogP contribution in [-0.2, 0) is 6.61 Å². The van der Waals surface area contributed by atoms with E-state index in [4.69, 9.17) is 21.8 Å². The van der Waals surface area contributed by atoms with Gasteiger partial charge in [-0.25, -0.2) is 14.4 Å². The van der Waals surface area contributed by atoms with Gasteiger partial charge in [0.1, 0.15) is 41.2 Å². The van der Waals surface area contributed by atoms with Crippen molar-refractivity contribution in [2.45, 2.75) is 38.4 Å². The molecule has 0 atom stereocenters. The Kier molecular flexibility index (Phi) is 6.27. The lowest BCUT2D eigenvalue weighted by atomic mass is 9.78. The number of ether oxygens (including phenoxy) is 2. The first-order valence-electron chi connectivity index (χ1n) is 11.4. The third kappa shape index (κ3) is 4.85. The first-order valence-corrected chi connectivity index (χ1v) is 11.4. The van der Waals surface area contributed by atoms with Gasteiger partial charge < -0.3 is 25.2 Å². The summed E-state index contributed by atoms with van der Waals surface area (Å²) in [5.74, 6) is 1.77. The fourth-order valence-corrected chi connectivity index (χ4v) is 4.16. The fourth-order valence-electron chi connectivity index (χ4n) is 4.16. The molecule has 2 aromatic heterocycles. The zero-order valence-corrected chi connectivity index (χ0v) is 19.6. The van der Waals surface area contributed by atoms with Crippen LogP contribution in [0.15, 0.2) is 61.1 Å². The van der Waals surface area contributed by atoms with Crippen LogP contribution in [0.4, 0.5) is 15.9 Å². The second-order valence-corrected chi connectivity index (χ2v) is 8.77. The largest absolute Gasteiger partial charge is 0.489 e. The topological polar surface area (TPSA) is 99.8 Å². The van der Waals surface area contributed by atoms with E-state index in [0.717, 1.165) is 16.8 Å². The SMILES string of the molecule is [C-]#[N+]c1c(N)c(C2CC(O)C2)cn1-c1ccc(Oc2cc(F)cc(OCc3cnc(C)nc3)c2)cc1. The summed E-state index contributed by atoms with van der Waals surface area (Å²) >= 11 is 0. The van der Waals surface area contributed by atoms with Crippen molar-refractivity contribution in [3.8, 4) is 22.9 Å². The molecule has 0 bridgehead atoms. The van der Waals surface area contributed by atoms with Gasteiger partial charge in [0.25, 0.3) is 5.82 Å². The number of nitrogens with two attached hydrogens (primary N) is 1. The quantitative estimate of drug-likeness (QED) is 0.337. The van der Waals surface area contributed by atoms with E-state index in [2.05, 4.69) is 14.8 Å². The van der Waals surface area contributed by atoms with Crippen molar-refractivity contribution in [3.63, 3.8) is 0 Å². The van der Waals surface area contributed by atoms with Crippen molar-refractivity contribution in [2.75, 3.05) is 5.73 Å². The van der Waals surface area contributed by atoms with Gasteiger partial charge in [0.15, 0.2) is 0 Å². The van der Waals surface area contributed by atoms with Crippen LogP contribution in [0, 0.1) is 19.3 Å². The van der Waals surface area contributed by atoms with Crippen molar-refractivity contribution in [1.29, 1.82) is 0 Å². The summed E-state index contributed by atoms with van der Waals surface area (Å²) in [6.45, 7) is 9.56. The molecule has 9 heteroatoms. The highest BCUT2D eigenvalue weighted by atomic mass is 19.1. The summed E-state index contributed by atoms with van der Waals surface area (Å²) in [5.41, 5.74) is 9.09. The normalized spacial score (nSPS) is 16.7. The molecular formula is C27H24FN5O3. The van der Waals surface area contributed by atoms with Crippen LogP contribution in [0.3, 0.4) is 0 Å². The van der Waals surface area contributed by atoms with Gasteiger partial charge >= 0.3 is 0 Å². The Balaban J connectivity index is 1.30. The first kappa shape index (κ1) is 23.3. The molecule has 0 saturated heterocycles. The molecular weight excluding hydrogens is 461 g/mol. The van der Waals surface area contributed by atoms with E-state index in [1.165, 1.54) is 12.1 Å². The molecule has 1 fully saturated rings. The fraction of sp³-hybridized carbons (Fsp3) is 0.222. The number of benzene rings is 2. The minimum atomic E-state index is -0.488. The number of hydrogen-bond acceptors (Lipinski definition) is 6. The van der Waals surface area contributed by atoms with Crippen molar-refractivity contribution < 1.29 is 19.0 Å². The van der Waals surface area contributed by atoms with Gasteiger partial charge in [0.05, 0.1) is 18.0 Å². The number of anilines is 1. The van der Waals surface area contributed by atoms with E-state index in [1.807, 2.05) is 6.20 Å². The maximum atomic E-state index is 14.2. The molecule has 1 aliphatic rings. The van der Waals surface area contributed by atoms with Crippen LogP contribution in [-0.4, -0.2) is 25.7 Å². The monoisotopic (exact) mass is 485 g/mol. The summed E-state index contributed by atoms with van der Waals surface area (Å²) in [6.07, 6.45) is 6.18. The molecule has 0 unspecified atom stereocenters. The summed E-state index contributed by atoms with van der Waals surface area (Å²) < 4.78 is 27.5. The zero-order chi connectivity index (χ0) is 25.2. The Labute approximate surface area is 207 Å². The number of nitrogens with zero attached hydrogens (tertiary/aromatic N) is 4. The lowest BCUT2D eigenvalue weighted by Gasteiger charge is -2.31. The van der Waals surface area contributed by atoms with Crippen LogP contribution in [0.25, 0.3) is 10.5 Å². The molecule has 1 aliphatic carbocycles. The van der Waals surface area contributed by atoms with Crippen LogP contribution in [0.5, 0.6) is 17.2 Å². The van der Waals surface area contributed by atoms with E-state index < -0.39 is 5.82 Å². The molecule has 1 saturated carbocycles. The van der Waals surface area contributed by atoms with Crippen molar-refractivity contribution >= 4 is 11.5 Å². The third-order valence-corrected chi connectivity index (χ3v) is 6.14. The molecule has 2 heterocycles. The highest BCUT2D eigenvalue weighted by Gasteiger charge is 2.33. The smallest absolute Gasteiger partial charge is 0.258 e. The summed E-state index contributed by atoms with van der Waals surface area (Å²) in [7, 11) is 0. The standard InChI is InChI=1S/C27H24FN5O3/c1-16-31-12-17(13-32-16)15-35-23-9-19(28)10-24(11-23)36-22-5-3-20(4-6-22)33-14-25(18-7-21(34)8-18)26(29)27(33)30-2/h3-6,9-14,18,21,34H,7-8,15,29H2,1H3. The maximum absolute atomic E-state index is 14.2. The van der Waals surface area contributed by atoms with Gasteiger partial charge in [0.2, 0.25) is 0 Å². The lowest BCUT2D eigenvalue weighted by molar-refractivity contribution is 0.0749. The molecule has 2 aromatic carbocycles. The van der Waals surface area contributed by atoms with Gasteiger partial charge in [0, 0.05) is 41.7 Å². The zero-order valence-electron chi connectivity index (χ0n) is 19.6. The Hall–Kier alpha value is -4.42. The van der Waals surface area contributed by atoms with Crippen molar-refractivity contribution in [1.82, 2.24) is 14.5 Å². The van der Waals surface area contributed by atoms with Crippen molar-refractivity contribution in [3.05, 3.63) is 95.2 Å². The van der Waals surface area contributed by atoms with E-state index in [1.54, 1.807) is 54.2 Å². The highest BCUT2D eigenvalue weighted by Crippen LogP contribution is 2.44. The lowest BCUT2D eigenvalue weighted by Crippen LogP contribution is -2.26. The predicted octanol–water partition coefficient (Wildman–Crippen LogP) is 5.46. The molecule has 8 nitrogen and oxygen atoms in total. The number of nitrogen functional groups attached to an aromatic ring is 1. The maximum Gasteiger partial charge on any atom is 0.258 e. The highest BCUT2D eigenvalue weighted by molar-refractivity contribution is 5.72. The van der Waals surface area contributed by atoms with E-state index in [9.17, 15) is 9.50 Å². The molecule has 0 radical (unpaired) electrons. The van der Waals surface area contributed by atoms with Gasteiger partial charge in [-0.2, -0.15) is 0 Å². The summed E-state index contributed by atoms with van der Waals surface area (Å²) in [6, 6.07) is 11.2. The second kappa shape index (κ2) is 9.68. The number of aliphatic hydroxyl groups is 1. The van der Waals surface area contributed by atoms with E-state index in [0.29, 0.717) is 41.7 Å². The predicted molar refractivity (Wildman–Crippen MR) is 132 cm³/mol. The van der Waals surface area contributed by atoms with Gasteiger partial charge in [-0.1, -0.05) is 6.57 Å². The first-order chi connectivity index (χ1) is 17.4. The number of halogens is 1. The van der Waals surface area contributed by atoms with E-state index in [-0.39, 0.29) is 24.4 Å². The van der Waals surface area contributed by atoms with Crippen LogP contribution < -0.4 is 15.2 Å². The number of rotatable bonds is 7. The average molecular weight is 486 g/mol. The molecule has 0 aliphatic heterocycles. The molecule has 5 rings (SSSR count). The van der Waals surface area contributed by atoms with Crippen LogP contribution in [0.1, 0.15) is 35.7 Å². The molecule has 0 spiro atoms. The number of hydrogen-bond donors (Lipinski definition) is 2. The number of aryl methyl sites for hydroxylation is 1. The molecule has 182 valence electrons. The molecule has 3 N–H and O–H groups in total. The summed E-state index contributed by atoms with van der Waals surface area (Å²) in [4.78, 5) is 11.9. The van der Waals surface area contributed by atoms with Crippen LogP contribution >= 0.6 is 0 Å². The van der Waals surface area contributed by atoms with Crippen LogP contribution in [0.2, 0.25) is 0 Å². The van der Waals surface area contributed by atoms with Gasteiger partial charge in [-0.15, -0.1) is 0 Å². The minimum absolute atomic E-state index is 0.160. The Morgan fingerprint density at radius 1 is 1.11 bits per heavy atom. The van der Waals surface area contributed by atoms with E-state index >= 15 is 0 Å². The third-order valence-electron chi connectivity index (χ3n) is 6.14. The van der Waals surface area contributed by atoms with Gasteiger partial charge in [-0.3, -0.25) is 4.57 Å². The summed E-state index contributed by atoms with van der Waals surface area (Å²) in [5, 5.41) is 9.64. The molecule has 4 aromatic rings. The second-order valence-electron chi connectivity index (χ2n) is 8.77. The Morgan fingerprint density at radius 2 is 1.81 bits per heavy atom. The number of aliphatic hydroxyl groups excluding tert-OH is 1. The average Bonchev–Trinajstić information content (AvgIpc) is 3.17. The molecule has 36 heavy (non-hydrogen) atoms. The van der Waals surface area contributed by atoms with Crippen molar-refractivity contribution in [2.24, 2.45) is 0 Å². The minimum Gasteiger partial charge on any atom is -0.489 e. The Bertz CT molecular complexity index is 1420.